The number of para-hydroxylation sites is 1. The highest BCUT2D eigenvalue weighted by Crippen LogP contribution is 2.34. The minimum Gasteiger partial charge on any atom is -0.488 e. The van der Waals surface area contributed by atoms with Crippen LogP contribution in [0.3, 0.4) is 0 Å². The van der Waals surface area contributed by atoms with Gasteiger partial charge < -0.3 is 30.6 Å². The van der Waals surface area contributed by atoms with E-state index >= 15 is 0 Å². The average Bonchev–Trinajstić information content (AvgIpc) is 2.92. The van der Waals surface area contributed by atoms with Gasteiger partial charge in [0.1, 0.15) is 23.7 Å². The van der Waals surface area contributed by atoms with Crippen LogP contribution >= 0.6 is 11.6 Å². The second-order valence-corrected chi connectivity index (χ2v) is 10.1. The summed E-state index contributed by atoms with van der Waals surface area (Å²) in [5.74, 6) is -0.313. The molecule has 2 aromatic carbocycles. The van der Waals surface area contributed by atoms with Crippen LogP contribution in [0.4, 0.5) is 5.82 Å². The number of carboxylic acids is 1. The standard InChI is InChI=1S/C31H35ClN4O4/c1-4-23-20(17-34-22-9-6-10-22)14-15-21(28(23)32)18-40-29-19(2)8-5-11-24(29)26-12-7-13-27(35-26)36-30(39-3)25(16-33)31(37)38/h5,7-8,11-16,22,33-34H,4,6,9-10,17-18H2,1-3H3,(H,35,36)(H,37,38)/b30-25-,33-16?. The van der Waals surface area contributed by atoms with Crippen molar-refractivity contribution in [2.75, 3.05) is 12.4 Å². The Morgan fingerprint density at radius 3 is 2.58 bits per heavy atom. The molecule has 0 unspecified atom stereocenters. The van der Waals surface area contributed by atoms with Crippen molar-refractivity contribution in [2.24, 2.45) is 0 Å². The number of carbonyl (C=O) groups is 1. The number of rotatable bonds is 13. The van der Waals surface area contributed by atoms with Crippen LogP contribution in [0.5, 0.6) is 5.75 Å². The predicted octanol–water partition coefficient (Wildman–Crippen LogP) is 6.50. The molecule has 0 atom stereocenters. The van der Waals surface area contributed by atoms with Crippen LogP contribution in [-0.4, -0.2) is 35.4 Å². The smallest absolute Gasteiger partial charge is 0.342 e. The Labute approximate surface area is 239 Å². The van der Waals surface area contributed by atoms with E-state index in [1.807, 2.05) is 37.3 Å². The number of hydrogen-bond donors (Lipinski definition) is 4. The summed E-state index contributed by atoms with van der Waals surface area (Å²) in [6.07, 6.45) is 5.34. The fourth-order valence-electron chi connectivity index (χ4n) is 4.65. The second kappa shape index (κ2) is 13.5. The number of halogens is 1. The number of nitrogens with one attached hydrogen (secondary N) is 3. The number of anilines is 1. The largest absolute Gasteiger partial charge is 0.488 e. The van der Waals surface area contributed by atoms with E-state index in [9.17, 15) is 9.90 Å². The normalized spacial score (nSPS) is 13.7. The van der Waals surface area contributed by atoms with Gasteiger partial charge in [-0.05, 0) is 61.1 Å². The molecule has 0 saturated heterocycles. The molecule has 0 radical (unpaired) electrons. The Morgan fingerprint density at radius 2 is 1.93 bits per heavy atom. The Hall–Kier alpha value is -3.88. The van der Waals surface area contributed by atoms with Crippen LogP contribution < -0.4 is 15.4 Å². The lowest BCUT2D eigenvalue weighted by atomic mass is 9.92. The van der Waals surface area contributed by atoms with Crippen molar-refractivity contribution in [1.82, 2.24) is 10.3 Å². The summed E-state index contributed by atoms with van der Waals surface area (Å²) in [6.45, 7) is 5.22. The first-order chi connectivity index (χ1) is 19.4. The summed E-state index contributed by atoms with van der Waals surface area (Å²) in [7, 11) is 1.33. The lowest BCUT2D eigenvalue weighted by Gasteiger charge is -2.27. The molecular weight excluding hydrogens is 528 g/mol. The third kappa shape index (κ3) is 6.63. The van der Waals surface area contributed by atoms with E-state index in [4.69, 9.17) is 26.5 Å². The number of ether oxygens (including phenoxy) is 2. The SMILES string of the molecule is CCc1c(CNC2CCC2)ccc(COc2c(C)cccc2-c2cccc(N/C(OC)=C(\C=N)C(=O)O)n2)c1Cl. The molecule has 1 aliphatic rings. The Morgan fingerprint density at radius 1 is 1.18 bits per heavy atom. The Bertz CT molecular complexity index is 1420. The minimum atomic E-state index is -1.28. The van der Waals surface area contributed by atoms with Gasteiger partial charge in [-0.25, -0.2) is 9.78 Å². The van der Waals surface area contributed by atoms with E-state index in [-0.39, 0.29) is 11.5 Å². The molecule has 8 nitrogen and oxygen atoms in total. The fraction of sp³-hybridized carbons (Fsp3) is 0.323. The number of aromatic nitrogens is 1. The van der Waals surface area contributed by atoms with Gasteiger partial charge in [0, 0.05) is 29.9 Å². The van der Waals surface area contributed by atoms with E-state index < -0.39 is 5.97 Å². The number of aliphatic carboxylic acids is 1. The zero-order chi connectivity index (χ0) is 28.6. The molecule has 1 aromatic heterocycles. The number of methoxy groups -OCH3 is 1. The molecular formula is C31H35ClN4O4. The summed E-state index contributed by atoms with van der Waals surface area (Å²) in [5.41, 5.74) is 5.34. The molecule has 0 spiro atoms. The van der Waals surface area contributed by atoms with Gasteiger partial charge in [-0.3, -0.25) is 0 Å². The number of nitrogens with zero attached hydrogens (tertiary/aromatic N) is 1. The fourth-order valence-corrected chi connectivity index (χ4v) is 5.03. The molecule has 0 aliphatic heterocycles. The summed E-state index contributed by atoms with van der Waals surface area (Å²) < 4.78 is 11.6. The molecule has 1 fully saturated rings. The first kappa shape index (κ1) is 29.1. The summed E-state index contributed by atoms with van der Waals surface area (Å²) >= 11 is 6.88. The van der Waals surface area contributed by atoms with Gasteiger partial charge in [0.15, 0.2) is 0 Å². The molecule has 1 saturated carbocycles. The van der Waals surface area contributed by atoms with Crippen molar-refractivity contribution in [2.45, 2.75) is 58.7 Å². The highest BCUT2D eigenvalue weighted by Gasteiger charge is 2.19. The maximum atomic E-state index is 11.5. The van der Waals surface area contributed by atoms with Crippen LogP contribution in [0.25, 0.3) is 11.3 Å². The lowest BCUT2D eigenvalue weighted by molar-refractivity contribution is -0.132. The summed E-state index contributed by atoms with van der Waals surface area (Å²) in [4.78, 5) is 16.1. The molecule has 1 heterocycles. The first-order valence-corrected chi connectivity index (χ1v) is 13.7. The molecule has 210 valence electrons. The zero-order valence-corrected chi connectivity index (χ0v) is 23.8. The number of benzene rings is 2. The number of carboxylic acid groups (broad SMARTS) is 1. The third-order valence-corrected chi connectivity index (χ3v) is 7.61. The zero-order valence-electron chi connectivity index (χ0n) is 23.0. The monoisotopic (exact) mass is 562 g/mol. The predicted molar refractivity (Wildman–Crippen MR) is 158 cm³/mol. The number of hydrogen-bond acceptors (Lipinski definition) is 7. The molecule has 40 heavy (non-hydrogen) atoms. The maximum absolute atomic E-state index is 11.5. The first-order valence-electron chi connectivity index (χ1n) is 13.4. The topological polar surface area (TPSA) is 117 Å². The van der Waals surface area contributed by atoms with E-state index in [1.54, 1.807) is 12.1 Å². The van der Waals surface area contributed by atoms with Gasteiger partial charge in [-0.15, -0.1) is 0 Å². The van der Waals surface area contributed by atoms with Gasteiger partial charge in [-0.1, -0.05) is 55.3 Å². The quantitative estimate of drug-likeness (QED) is 0.107. The van der Waals surface area contributed by atoms with Gasteiger partial charge in [0.05, 0.1) is 17.8 Å². The third-order valence-electron chi connectivity index (χ3n) is 7.13. The molecule has 1 aliphatic carbocycles. The van der Waals surface area contributed by atoms with E-state index in [0.29, 0.717) is 29.9 Å². The molecule has 4 rings (SSSR count). The summed E-state index contributed by atoms with van der Waals surface area (Å²) in [6, 6.07) is 16.0. The van der Waals surface area contributed by atoms with Crippen LogP contribution in [0.2, 0.25) is 5.02 Å². The van der Waals surface area contributed by atoms with Crippen LogP contribution in [-0.2, 0) is 29.1 Å². The molecule has 9 heteroatoms. The Kier molecular flexibility index (Phi) is 9.79. The van der Waals surface area contributed by atoms with Crippen LogP contribution in [0.15, 0.2) is 60.0 Å². The van der Waals surface area contributed by atoms with Crippen molar-refractivity contribution in [1.29, 1.82) is 5.41 Å². The minimum absolute atomic E-state index is 0.0828. The molecule has 4 N–H and O–H groups in total. The molecule has 0 bridgehead atoms. The van der Waals surface area contributed by atoms with Gasteiger partial charge in [0.2, 0.25) is 5.88 Å². The maximum Gasteiger partial charge on any atom is 0.342 e. The Balaban J connectivity index is 1.57. The van der Waals surface area contributed by atoms with Crippen LogP contribution in [0.1, 0.15) is 48.4 Å². The van der Waals surface area contributed by atoms with Crippen molar-refractivity contribution in [3.63, 3.8) is 0 Å². The van der Waals surface area contributed by atoms with Crippen molar-refractivity contribution in [3.8, 4) is 17.0 Å². The molecule has 3 aromatic rings. The van der Waals surface area contributed by atoms with Crippen LogP contribution in [0, 0.1) is 12.3 Å². The highest BCUT2D eigenvalue weighted by atomic mass is 35.5. The highest BCUT2D eigenvalue weighted by molar-refractivity contribution is 6.32. The van der Waals surface area contributed by atoms with Crippen molar-refractivity contribution in [3.05, 3.63) is 87.3 Å². The van der Waals surface area contributed by atoms with Crippen molar-refractivity contribution < 1.29 is 19.4 Å². The molecule has 0 amide bonds. The van der Waals surface area contributed by atoms with E-state index in [2.05, 4.69) is 28.6 Å². The average molecular weight is 563 g/mol. The number of aryl methyl sites for hydroxylation is 1. The lowest BCUT2D eigenvalue weighted by Crippen LogP contribution is -2.34. The van der Waals surface area contributed by atoms with E-state index in [1.165, 1.54) is 31.9 Å². The van der Waals surface area contributed by atoms with E-state index in [0.717, 1.165) is 46.5 Å². The van der Waals surface area contributed by atoms with Crippen molar-refractivity contribution >= 4 is 29.6 Å². The second-order valence-electron chi connectivity index (χ2n) is 9.71. The van der Waals surface area contributed by atoms with Gasteiger partial charge >= 0.3 is 5.97 Å². The van der Waals surface area contributed by atoms with Gasteiger partial charge in [-0.2, -0.15) is 0 Å². The number of pyridine rings is 1. The summed E-state index contributed by atoms with van der Waals surface area (Å²) in [5, 5.41) is 24.0. The van der Waals surface area contributed by atoms with Gasteiger partial charge in [0.25, 0.3) is 0 Å².